The first-order valence-electron chi connectivity index (χ1n) is 14.6. The molecule has 20 nitrogen and oxygen atoms in total. The van der Waals surface area contributed by atoms with Gasteiger partial charge < -0.3 is 20.4 Å². The molecule has 0 saturated carbocycles. The largest absolute Gasteiger partial charge is 5.00 e. The minimum atomic E-state index is -0.585. The molecule has 0 saturated heterocycles. The number of aliphatic hydroxyl groups is 4. The average Bonchev–Trinajstić information content (AvgIpc) is 3.00. The molecule has 0 aliphatic heterocycles. The van der Waals surface area contributed by atoms with Crippen molar-refractivity contribution < 1.29 is 269 Å². The molecule has 0 aromatic rings. The van der Waals surface area contributed by atoms with Crippen molar-refractivity contribution in [3.8, 4) is 0 Å². The van der Waals surface area contributed by atoms with Crippen LogP contribution < -0.4 is 0 Å². The fourth-order valence-electron chi connectivity index (χ4n) is 3.85. The first-order valence-corrected chi connectivity index (χ1v) is 14.6. The van der Waals surface area contributed by atoms with Crippen molar-refractivity contribution in [2.45, 2.75) is 0 Å². The van der Waals surface area contributed by atoms with E-state index in [9.17, 15) is 20.6 Å². The molecule has 276 valence electrons. The molecule has 0 rings (SSSR count). The van der Waals surface area contributed by atoms with Crippen LogP contribution in [-0.2, 0) is 218 Å². The second-order valence-corrected chi connectivity index (χ2v) is 9.71. The summed E-state index contributed by atoms with van der Waals surface area (Å²) in [4.78, 5) is 42.5. The van der Waals surface area contributed by atoms with E-state index in [2.05, 4.69) is 9.78 Å². The third-order valence-corrected chi connectivity index (χ3v) is 6.46. The molecule has 0 aromatic heterocycles. The summed E-state index contributed by atoms with van der Waals surface area (Å²) in [7, 11) is 0. The van der Waals surface area contributed by atoms with E-state index in [0.29, 0.717) is 39.3 Å². The maximum absolute atomic E-state index is 10.7. The second-order valence-electron chi connectivity index (χ2n) is 9.71. The number of aliphatic hydroxyl groups excluding tert-OH is 4. The maximum Gasteiger partial charge on any atom is 5.00 e. The molecular formula is C24H56N4Nb8O16+32. The molecule has 8 N–H and O–H groups in total. The fourth-order valence-corrected chi connectivity index (χ4v) is 3.85. The van der Waals surface area contributed by atoms with Crippen LogP contribution in [0.2, 0.25) is 0 Å². The zero-order valence-corrected chi connectivity index (χ0v) is 46.8. The predicted molar refractivity (Wildman–Crippen MR) is 147 cm³/mol. The van der Waals surface area contributed by atoms with Gasteiger partial charge in [0.1, 0.15) is 65.7 Å². The summed E-state index contributed by atoms with van der Waals surface area (Å²) in [5.74, 6) is 0. The Hall–Kier alpha value is 5.12. The van der Waals surface area contributed by atoms with Gasteiger partial charge in [-0.2, -0.15) is 9.29 Å². The van der Waals surface area contributed by atoms with Crippen LogP contribution in [0.15, 0.2) is 0 Å². The smallest absolute Gasteiger partial charge is 0.395 e. The van der Waals surface area contributed by atoms with Gasteiger partial charge in [-0.05, 0) is 0 Å². The number of nitrogens with zero attached hydrogens (tertiary/aromatic N) is 4. The first kappa shape index (κ1) is 77.7. The van der Waals surface area contributed by atoms with Crippen LogP contribution in [0.1, 0.15) is 0 Å². The first-order chi connectivity index (χ1) is 21.3. The third kappa shape index (κ3) is 47.8. The predicted octanol–water partition coefficient (Wildman–Crippen LogP) is -3.22. The molecule has 0 amide bonds. The van der Waals surface area contributed by atoms with Crippen molar-refractivity contribution >= 4 is 0 Å². The molecule has 0 fully saturated rings. The molecule has 0 spiro atoms. The summed E-state index contributed by atoms with van der Waals surface area (Å²) >= 11 is 0. The average molecular weight is 1400 g/mol. The van der Waals surface area contributed by atoms with Gasteiger partial charge in [-0.25, -0.2) is 49.5 Å². The summed E-state index contributed by atoms with van der Waals surface area (Å²) < 4.78 is -1.15. The Kier molecular flexibility index (Phi) is 83.9. The summed E-state index contributed by atoms with van der Waals surface area (Å²) in [5.41, 5.74) is 0. The van der Waals surface area contributed by atoms with Crippen molar-refractivity contribution in [2.75, 3.05) is 158 Å². The van der Waals surface area contributed by atoms with Gasteiger partial charge in [0.05, 0.1) is 52.9 Å². The van der Waals surface area contributed by atoms with Crippen LogP contribution in [0.5, 0.6) is 0 Å². The van der Waals surface area contributed by atoms with Crippen molar-refractivity contribution in [3.05, 3.63) is 0 Å². The Morgan fingerprint density at radius 3 is 0.885 bits per heavy atom. The SMILES string of the molecule is OCCN(CCOO)CCOOCCN(CCO)CCOOCC[N+](O)(CCO)CCOOCC[N@@+](O)(CCO)CCOO.[Nb+5].[Nb+5].[Nb+5].[Nb+5].[Nb+5].[Nb+5].[Nb].[Nb]. The van der Waals surface area contributed by atoms with Crippen LogP contribution in [0.4, 0.5) is 0 Å². The van der Waals surface area contributed by atoms with E-state index in [1.165, 1.54) is 0 Å². The van der Waals surface area contributed by atoms with E-state index in [0.717, 1.165) is 0 Å². The summed E-state index contributed by atoms with van der Waals surface area (Å²) in [6, 6.07) is 0. The van der Waals surface area contributed by atoms with E-state index in [1.807, 2.05) is 9.80 Å². The molecule has 0 bridgehead atoms. The van der Waals surface area contributed by atoms with Gasteiger partial charge >= 0.3 is 134 Å². The molecule has 0 aliphatic rings. The molecular weight excluding hydrogens is 1340 g/mol. The van der Waals surface area contributed by atoms with Crippen LogP contribution in [0.3, 0.4) is 0 Å². The van der Waals surface area contributed by atoms with Gasteiger partial charge in [0.2, 0.25) is 0 Å². The summed E-state index contributed by atoms with van der Waals surface area (Å²) in [6.07, 6.45) is 0. The van der Waals surface area contributed by atoms with Gasteiger partial charge in [-0.15, -0.1) is 0 Å². The van der Waals surface area contributed by atoms with E-state index >= 15 is 0 Å². The number of hydrogen-bond acceptors (Lipinski definition) is 18. The quantitative estimate of drug-likeness (QED) is 0.0102. The van der Waals surface area contributed by atoms with Crippen molar-refractivity contribution in [2.24, 2.45) is 0 Å². The van der Waals surface area contributed by atoms with E-state index in [4.69, 9.17) is 50.1 Å². The van der Waals surface area contributed by atoms with E-state index in [1.54, 1.807) is 0 Å². The number of hydrogen-bond donors (Lipinski definition) is 8. The van der Waals surface area contributed by atoms with E-state index < -0.39 is 9.29 Å². The molecule has 28 heteroatoms. The minimum Gasteiger partial charge on any atom is -0.395 e. The number of rotatable bonds is 35. The van der Waals surface area contributed by atoms with Crippen molar-refractivity contribution in [3.63, 3.8) is 0 Å². The van der Waals surface area contributed by atoms with Crippen LogP contribution >= 0.6 is 0 Å². The Morgan fingerprint density at radius 1 is 0.346 bits per heavy atom. The van der Waals surface area contributed by atoms with Crippen LogP contribution in [0, 0.1) is 0 Å². The number of quaternary nitrogens is 2. The van der Waals surface area contributed by atoms with Gasteiger partial charge in [0, 0.05) is 84.0 Å². The molecule has 0 aromatic carbocycles. The van der Waals surface area contributed by atoms with E-state index in [-0.39, 0.29) is 298 Å². The third-order valence-electron chi connectivity index (χ3n) is 6.46. The van der Waals surface area contributed by atoms with Crippen molar-refractivity contribution in [1.29, 1.82) is 0 Å². The Bertz CT molecular complexity index is 655. The summed E-state index contributed by atoms with van der Waals surface area (Å²) in [5, 5.41) is 74.8. The van der Waals surface area contributed by atoms with Gasteiger partial charge in [-0.3, -0.25) is 20.3 Å². The number of hydroxylamine groups is 6. The van der Waals surface area contributed by atoms with Crippen molar-refractivity contribution in [1.82, 2.24) is 9.80 Å². The van der Waals surface area contributed by atoms with Crippen LogP contribution in [-0.4, -0.2) is 218 Å². The topological polar surface area (TPSA) is 242 Å². The Morgan fingerprint density at radius 2 is 0.615 bits per heavy atom. The second kappa shape index (κ2) is 56.1. The fraction of sp³-hybridized carbons (Fsp3) is 1.00. The molecule has 52 heavy (non-hydrogen) atoms. The molecule has 1 unspecified atom stereocenters. The van der Waals surface area contributed by atoms with Crippen LogP contribution in [0.25, 0.3) is 0 Å². The molecule has 2 atom stereocenters. The monoisotopic (exact) mass is 1400 g/mol. The molecule has 2 radical (unpaired) electrons. The molecule has 0 heterocycles. The van der Waals surface area contributed by atoms with Gasteiger partial charge in [0.25, 0.3) is 0 Å². The molecule has 0 aliphatic carbocycles. The maximum atomic E-state index is 10.7. The van der Waals surface area contributed by atoms with Gasteiger partial charge in [-0.1, -0.05) is 0 Å². The normalized spacial score (nSPS) is 12.6. The zero-order chi connectivity index (χ0) is 32.8. The van der Waals surface area contributed by atoms with Gasteiger partial charge in [0.15, 0.2) is 0 Å². The standard InChI is InChI=1S/C24H54N4O16.8Nb/c29-13-1-25(3-17-37-35)4-18-39-40-19-5-26(2-14-30)6-20-41-42-22-11-28(34,8-16-32)12-24-44-43-23-10-27(33,7-15-31)9-21-38-36;;;;;;;;/h29-34H,1-24H2;;;;;;;;/q;;;6*+5/p+2/t27-,28?;;;;;;;;/m1......../s1. The Labute approximate surface area is 430 Å². The minimum absolute atomic E-state index is 0. The summed E-state index contributed by atoms with van der Waals surface area (Å²) in [6.45, 7) is 2.84. The zero-order valence-electron chi connectivity index (χ0n) is 29.2. The Balaban J connectivity index is -0.000000330.